The number of nitrogens with zero attached hydrogens (tertiary/aromatic N) is 1. The summed E-state index contributed by atoms with van der Waals surface area (Å²) in [7, 11) is 0. The highest BCUT2D eigenvalue weighted by Gasteiger charge is 2.48. The fourth-order valence-corrected chi connectivity index (χ4v) is 2.57. The average molecular weight is 256 g/mol. The summed E-state index contributed by atoms with van der Waals surface area (Å²) in [5.41, 5.74) is 4.02. The first-order valence-corrected chi connectivity index (χ1v) is 6.09. The summed E-state index contributed by atoms with van der Waals surface area (Å²) in [5, 5.41) is 10.9. The molecular weight excluding hydrogens is 239 g/mol. The molecule has 0 saturated heterocycles. The van der Waals surface area contributed by atoms with Gasteiger partial charge in [0.1, 0.15) is 5.83 Å². The van der Waals surface area contributed by atoms with Crippen LogP contribution in [0.4, 0.5) is 4.39 Å². The third-order valence-corrected chi connectivity index (χ3v) is 3.60. The second-order valence-electron chi connectivity index (χ2n) is 5.02. The van der Waals surface area contributed by atoms with E-state index in [1.165, 1.54) is 6.92 Å². The largest absolute Gasteiger partial charge is 0.354 e. The van der Waals surface area contributed by atoms with E-state index in [1.807, 2.05) is 0 Å². The maximum atomic E-state index is 13.8. The molecule has 2 rings (SSSR count). The highest BCUT2D eigenvalue weighted by atomic mass is 19.1. The Morgan fingerprint density at radius 3 is 2.89 bits per heavy atom. The second-order valence-corrected chi connectivity index (χ2v) is 5.02. The van der Waals surface area contributed by atoms with Gasteiger partial charge in [-0.15, -0.1) is 0 Å². The van der Waals surface area contributed by atoms with Gasteiger partial charge in [0.2, 0.25) is 5.60 Å². The Balaban J connectivity index is 2.12. The summed E-state index contributed by atoms with van der Waals surface area (Å²) >= 11 is 0. The summed E-state index contributed by atoms with van der Waals surface area (Å²) in [6.45, 7) is 1.40. The zero-order valence-electron chi connectivity index (χ0n) is 10.3. The number of allylic oxidation sites excluding steroid dienone is 2. The molecule has 2 aliphatic rings. The smallest absolute Gasteiger partial charge is 0.284 e. The molecule has 5 nitrogen and oxygen atoms in total. The standard InChI is InChI=1S/C12H17FN2O3/c1-12(10(13)5-6-11(12)15(16)17)18-9-4-2-3-8(14)7-9/h5-6,8-9H,2-4,7,14H2,1H3. The predicted molar refractivity (Wildman–Crippen MR) is 64.0 cm³/mol. The third-order valence-electron chi connectivity index (χ3n) is 3.60. The number of nitro groups is 1. The third kappa shape index (κ3) is 2.30. The lowest BCUT2D eigenvalue weighted by atomic mass is 9.92. The molecule has 0 spiro atoms. The van der Waals surface area contributed by atoms with E-state index in [0.29, 0.717) is 6.42 Å². The van der Waals surface area contributed by atoms with Gasteiger partial charge in [0.05, 0.1) is 11.0 Å². The summed E-state index contributed by atoms with van der Waals surface area (Å²) in [6, 6.07) is 0.0313. The minimum Gasteiger partial charge on any atom is -0.354 e. The van der Waals surface area contributed by atoms with Crippen molar-refractivity contribution in [3.05, 3.63) is 33.8 Å². The van der Waals surface area contributed by atoms with Gasteiger partial charge in [0.15, 0.2) is 0 Å². The minimum absolute atomic E-state index is 0.0313. The number of rotatable bonds is 3. The quantitative estimate of drug-likeness (QED) is 0.619. The van der Waals surface area contributed by atoms with E-state index in [2.05, 4.69) is 0 Å². The van der Waals surface area contributed by atoms with E-state index in [1.54, 1.807) is 0 Å². The van der Waals surface area contributed by atoms with Crippen molar-refractivity contribution < 1.29 is 14.1 Å². The lowest BCUT2D eigenvalue weighted by Crippen LogP contribution is -2.41. The number of hydrogen-bond donors (Lipinski definition) is 1. The molecule has 1 fully saturated rings. The van der Waals surface area contributed by atoms with Crippen LogP contribution in [-0.2, 0) is 4.74 Å². The van der Waals surface area contributed by atoms with Gasteiger partial charge >= 0.3 is 0 Å². The first kappa shape index (κ1) is 13.2. The molecular formula is C12H17FN2O3. The molecule has 0 heterocycles. The maximum Gasteiger partial charge on any atom is 0.284 e. The van der Waals surface area contributed by atoms with Crippen molar-refractivity contribution in [3.63, 3.8) is 0 Å². The molecule has 0 radical (unpaired) electrons. The Hall–Kier alpha value is -1.27. The van der Waals surface area contributed by atoms with Crippen molar-refractivity contribution in [1.29, 1.82) is 0 Å². The van der Waals surface area contributed by atoms with Gasteiger partial charge in [0.25, 0.3) is 5.70 Å². The van der Waals surface area contributed by atoms with Crippen LogP contribution >= 0.6 is 0 Å². The van der Waals surface area contributed by atoms with E-state index in [0.717, 1.165) is 31.4 Å². The van der Waals surface area contributed by atoms with Crippen LogP contribution in [0.1, 0.15) is 32.6 Å². The molecule has 6 heteroatoms. The molecule has 0 aliphatic heterocycles. The molecule has 0 aromatic carbocycles. The Morgan fingerprint density at radius 1 is 1.56 bits per heavy atom. The van der Waals surface area contributed by atoms with Crippen molar-refractivity contribution in [1.82, 2.24) is 0 Å². The van der Waals surface area contributed by atoms with Gasteiger partial charge in [-0.3, -0.25) is 10.1 Å². The van der Waals surface area contributed by atoms with Crippen LogP contribution in [0.15, 0.2) is 23.7 Å². The SMILES string of the molecule is CC1(OC2CCCC(N)C2)C(F)=CC=C1[N+](=O)[O-]. The van der Waals surface area contributed by atoms with Crippen LogP contribution in [0, 0.1) is 10.1 Å². The first-order chi connectivity index (χ1) is 8.43. The van der Waals surface area contributed by atoms with Crippen molar-refractivity contribution in [3.8, 4) is 0 Å². The van der Waals surface area contributed by atoms with E-state index < -0.39 is 16.4 Å². The summed E-state index contributed by atoms with van der Waals surface area (Å²) in [6.07, 6.45) is 5.26. The number of nitrogens with two attached hydrogens (primary N) is 1. The highest BCUT2D eigenvalue weighted by molar-refractivity contribution is 5.35. The number of ether oxygens (including phenoxy) is 1. The fourth-order valence-electron chi connectivity index (χ4n) is 2.57. The Kier molecular flexibility index (Phi) is 3.49. The zero-order valence-corrected chi connectivity index (χ0v) is 10.3. The molecule has 3 unspecified atom stereocenters. The van der Waals surface area contributed by atoms with Crippen LogP contribution in [0.2, 0.25) is 0 Å². The van der Waals surface area contributed by atoms with Crippen molar-refractivity contribution in [2.24, 2.45) is 5.73 Å². The molecule has 3 atom stereocenters. The Morgan fingerprint density at radius 2 is 2.28 bits per heavy atom. The molecule has 0 amide bonds. The lowest BCUT2D eigenvalue weighted by Gasteiger charge is -2.33. The molecule has 18 heavy (non-hydrogen) atoms. The summed E-state index contributed by atoms with van der Waals surface area (Å²) in [5.74, 6) is -0.617. The topological polar surface area (TPSA) is 78.4 Å². The van der Waals surface area contributed by atoms with E-state index in [9.17, 15) is 14.5 Å². The first-order valence-electron chi connectivity index (χ1n) is 6.09. The van der Waals surface area contributed by atoms with Crippen LogP contribution in [-0.4, -0.2) is 22.7 Å². The second kappa shape index (κ2) is 4.78. The molecule has 0 aromatic rings. The van der Waals surface area contributed by atoms with E-state index >= 15 is 0 Å². The lowest BCUT2D eigenvalue weighted by molar-refractivity contribution is -0.444. The van der Waals surface area contributed by atoms with Gasteiger partial charge < -0.3 is 10.5 Å². The molecule has 2 N–H and O–H groups in total. The predicted octanol–water partition coefficient (Wildman–Crippen LogP) is 2.06. The van der Waals surface area contributed by atoms with Crippen LogP contribution in [0.25, 0.3) is 0 Å². The van der Waals surface area contributed by atoms with Crippen molar-refractivity contribution in [2.75, 3.05) is 0 Å². The van der Waals surface area contributed by atoms with Gasteiger partial charge in [-0.2, -0.15) is 0 Å². The zero-order chi connectivity index (χ0) is 13.3. The van der Waals surface area contributed by atoms with Gasteiger partial charge in [-0.05, 0) is 38.7 Å². The number of halogens is 1. The molecule has 0 aromatic heterocycles. The van der Waals surface area contributed by atoms with Crippen molar-refractivity contribution in [2.45, 2.75) is 50.4 Å². The van der Waals surface area contributed by atoms with E-state index in [-0.39, 0.29) is 17.8 Å². The molecule has 1 saturated carbocycles. The van der Waals surface area contributed by atoms with Crippen LogP contribution in [0.3, 0.4) is 0 Å². The average Bonchev–Trinajstić information content (AvgIpc) is 2.55. The fraction of sp³-hybridized carbons (Fsp3) is 0.667. The van der Waals surface area contributed by atoms with Gasteiger partial charge in [0, 0.05) is 12.1 Å². The maximum absolute atomic E-state index is 13.8. The van der Waals surface area contributed by atoms with Crippen LogP contribution < -0.4 is 5.73 Å². The number of hydrogen-bond acceptors (Lipinski definition) is 4. The Labute approximate surface area is 105 Å². The normalized spacial score (nSPS) is 36.2. The van der Waals surface area contributed by atoms with E-state index in [4.69, 9.17) is 10.5 Å². The summed E-state index contributed by atoms with van der Waals surface area (Å²) < 4.78 is 19.4. The molecule has 100 valence electrons. The monoisotopic (exact) mass is 256 g/mol. The minimum atomic E-state index is -1.56. The summed E-state index contributed by atoms with van der Waals surface area (Å²) in [4.78, 5) is 10.3. The van der Waals surface area contributed by atoms with Crippen molar-refractivity contribution >= 4 is 0 Å². The van der Waals surface area contributed by atoms with Gasteiger partial charge in [-0.1, -0.05) is 0 Å². The molecule has 2 aliphatic carbocycles. The van der Waals surface area contributed by atoms with Crippen LogP contribution in [0.5, 0.6) is 0 Å². The Bertz CT molecular complexity index is 422. The molecule has 0 bridgehead atoms. The van der Waals surface area contributed by atoms with Gasteiger partial charge in [-0.25, -0.2) is 4.39 Å². The highest BCUT2D eigenvalue weighted by Crippen LogP contribution is 2.39.